The summed E-state index contributed by atoms with van der Waals surface area (Å²) in [5.74, 6) is 1.66. The molecular formula is C16H34N2. The lowest BCUT2D eigenvalue weighted by Gasteiger charge is -2.46. The molecule has 0 aliphatic carbocycles. The molecule has 1 rings (SSSR count). The zero-order chi connectivity index (χ0) is 13.9. The van der Waals surface area contributed by atoms with Crippen molar-refractivity contribution in [2.24, 2.45) is 11.8 Å². The Morgan fingerprint density at radius 3 is 2.06 bits per heavy atom. The van der Waals surface area contributed by atoms with Crippen molar-refractivity contribution in [2.75, 3.05) is 19.6 Å². The fraction of sp³-hybridized carbons (Fsp3) is 1.00. The van der Waals surface area contributed by atoms with Crippen molar-refractivity contribution in [3.8, 4) is 0 Å². The molecule has 1 fully saturated rings. The number of nitrogens with zero attached hydrogens (tertiary/aromatic N) is 2. The van der Waals surface area contributed by atoms with Crippen LogP contribution in [0.1, 0.15) is 54.9 Å². The lowest BCUT2D eigenvalue weighted by molar-refractivity contribution is 0.0205. The Balaban J connectivity index is 2.45. The Labute approximate surface area is 115 Å². The van der Waals surface area contributed by atoms with Crippen LogP contribution in [0.25, 0.3) is 0 Å². The molecule has 0 radical (unpaired) electrons. The van der Waals surface area contributed by atoms with Crippen LogP contribution in [0.15, 0.2) is 0 Å². The Hall–Kier alpha value is -0.0800. The van der Waals surface area contributed by atoms with E-state index in [9.17, 15) is 0 Å². The van der Waals surface area contributed by atoms with Gasteiger partial charge in [0.05, 0.1) is 0 Å². The van der Waals surface area contributed by atoms with Gasteiger partial charge in [0, 0.05) is 31.2 Å². The standard InChI is InChI=1S/C16H34N2/c1-12(2)14(5)8-9-17-10-16(7)18(13(3)4)11-15(17)6/h12-16H,8-11H2,1-7H3/t14?,15-,16-/m0/s1. The van der Waals surface area contributed by atoms with Gasteiger partial charge in [0.2, 0.25) is 0 Å². The summed E-state index contributed by atoms with van der Waals surface area (Å²) in [6.45, 7) is 20.2. The van der Waals surface area contributed by atoms with Crippen LogP contribution in [-0.2, 0) is 0 Å². The molecular weight excluding hydrogens is 220 g/mol. The normalized spacial score (nSPS) is 29.2. The van der Waals surface area contributed by atoms with Gasteiger partial charge in [-0.2, -0.15) is 0 Å². The molecule has 2 heteroatoms. The van der Waals surface area contributed by atoms with E-state index in [4.69, 9.17) is 0 Å². The van der Waals surface area contributed by atoms with Crippen LogP contribution in [0, 0.1) is 11.8 Å². The van der Waals surface area contributed by atoms with E-state index >= 15 is 0 Å². The highest BCUT2D eigenvalue weighted by molar-refractivity contribution is 4.86. The zero-order valence-corrected chi connectivity index (χ0v) is 13.6. The minimum absolute atomic E-state index is 0.680. The first-order chi connectivity index (χ1) is 8.32. The van der Waals surface area contributed by atoms with E-state index in [0.29, 0.717) is 18.1 Å². The summed E-state index contributed by atoms with van der Waals surface area (Å²) in [6, 6.07) is 2.10. The molecule has 0 bridgehead atoms. The summed E-state index contributed by atoms with van der Waals surface area (Å²) in [5, 5.41) is 0. The van der Waals surface area contributed by atoms with Gasteiger partial charge in [-0.3, -0.25) is 9.80 Å². The molecule has 18 heavy (non-hydrogen) atoms. The number of piperazine rings is 1. The lowest BCUT2D eigenvalue weighted by Crippen LogP contribution is -2.58. The van der Waals surface area contributed by atoms with Crippen LogP contribution in [-0.4, -0.2) is 47.6 Å². The van der Waals surface area contributed by atoms with Crippen molar-refractivity contribution in [2.45, 2.75) is 73.0 Å². The van der Waals surface area contributed by atoms with Crippen molar-refractivity contribution in [1.29, 1.82) is 0 Å². The van der Waals surface area contributed by atoms with Crippen molar-refractivity contribution < 1.29 is 0 Å². The van der Waals surface area contributed by atoms with Crippen molar-refractivity contribution in [3.05, 3.63) is 0 Å². The van der Waals surface area contributed by atoms with Gasteiger partial charge in [-0.25, -0.2) is 0 Å². The summed E-state index contributed by atoms with van der Waals surface area (Å²) in [4.78, 5) is 5.34. The molecule has 0 aromatic rings. The van der Waals surface area contributed by atoms with Gasteiger partial charge in [-0.1, -0.05) is 20.8 Å². The number of hydrogen-bond donors (Lipinski definition) is 0. The third-order valence-electron chi connectivity index (χ3n) is 4.84. The molecule has 0 spiro atoms. The molecule has 1 saturated heterocycles. The maximum absolute atomic E-state index is 2.70. The largest absolute Gasteiger partial charge is 0.298 e. The van der Waals surface area contributed by atoms with E-state index in [1.54, 1.807) is 0 Å². The van der Waals surface area contributed by atoms with E-state index in [2.05, 4.69) is 58.3 Å². The first-order valence-electron chi connectivity index (χ1n) is 7.82. The van der Waals surface area contributed by atoms with Gasteiger partial charge < -0.3 is 0 Å². The van der Waals surface area contributed by atoms with Crippen molar-refractivity contribution >= 4 is 0 Å². The topological polar surface area (TPSA) is 6.48 Å². The Bertz CT molecular complexity index is 237. The molecule has 1 aliphatic rings. The molecule has 2 nitrogen and oxygen atoms in total. The summed E-state index contributed by atoms with van der Waals surface area (Å²) in [6.07, 6.45) is 1.34. The fourth-order valence-corrected chi connectivity index (χ4v) is 2.96. The second kappa shape index (κ2) is 6.91. The molecule has 1 heterocycles. The van der Waals surface area contributed by atoms with Crippen LogP contribution >= 0.6 is 0 Å². The number of hydrogen-bond acceptors (Lipinski definition) is 2. The summed E-state index contributed by atoms with van der Waals surface area (Å²) in [7, 11) is 0. The van der Waals surface area contributed by atoms with Gasteiger partial charge >= 0.3 is 0 Å². The SMILES string of the molecule is CC(C)C(C)CCN1C[C@H](C)N(C(C)C)C[C@@H]1C. The first kappa shape index (κ1) is 16.0. The van der Waals surface area contributed by atoms with Crippen molar-refractivity contribution in [3.63, 3.8) is 0 Å². The Kier molecular flexibility index (Phi) is 6.13. The monoisotopic (exact) mass is 254 g/mol. The van der Waals surface area contributed by atoms with E-state index in [-0.39, 0.29) is 0 Å². The lowest BCUT2D eigenvalue weighted by atomic mass is 9.94. The van der Waals surface area contributed by atoms with Crippen LogP contribution < -0.4 is 0 Å². The van der Waals surface area contributed by atoms with Crippen LogP contribution in [0.5, 0.6) is 0 Å². The Morgan fingerprint density at radius 2 is 1.56 bits per heavy atom. The summed E-state index contributed by atoms with van der Waals surface area (Å²) < 4.78 is 0. The van der Waals surface area contributed by atoms with Crippen LogP contribution in [0.3, 0.4) is 0 Å². The third-order valence-corrected chi connectivity index (χ3v) is 4.84. The van der Waals surface area contributed by atoms with Gasteiger partial charge in [0.25, 0.3) is 0 Å². The van der Waals surface area contributed by atoms with Gasteiger partial charge in [0.1, 0.15) is 0 Å². The first-order valence-corrected chi connectivity index (χ1v) is 7.82. The highest BCUT2D eigenvalue weighted by Crippen LogP contribution is 2.20. The second-order valence-electron chi connectivity index (χ2n) is 6.99. The summed E-state index contributed by atoms with van der Waals surface area (Å²) in [5.41, 5.74) is 0. The molecule has 108 valence electrons. The van der Waals surface area contributed by atoms with E-state index in [0.717, 1.165) is 11.8 Å². The molecule has 1 unspecified atom stereocenters. The molecule has 0 aromatic heterocycles. The molecule has 3 atom stereocenters. The average Bonchev–Trinajstić information content (AvgIpc) is 2.28. The molecule has 0 saturated carbocycles. The van der Waals surface area contributed by atoms with E-state index in [1.165, 1.54) is 26.1 Å². The molecule has 0 aromatic carbocycles. The Morgan fingerprint density at radius 1 is 0.944 bits per heavy atom. The zero-order valence-electron chi connectivity index (χ0n) is 13.6. The predicted octanol–water partition coefficient (Wildman–Crippen LogP) is 3.47. The van der Waals surface area contributed by atoms with Gasteiger partial charge in [-0.05, 0) is 52.5 Å². The maximum atomic E-state index is 2.70. The minimum atomic E-state index is 0.680. The minimum Gasteiger partial charge on any atom is -0.298 e. The van der Waals surface area contributed by atoms with Crippen LogP contribution in [0.2, 0.25) is 0 Å². The highest BCUT2D eigenvalue weighted by Gasteiger charge is 2.30. The molecule has 0 amide bonds. The summed E-state index contributed by atoms with van der Waals surface area (Å²) >= 11 is 0. The highest BCUT2D eigenvalue weighted by atomic mass is 15.3. The van der Waals surface area contributed by atoms with Crippen LogP contribution in [0.4, 0.5) is 0 Å². The van der Waals surface area contributed by atoms with E-state index < -0.39 is 0 Å². The second-order valence-corrected chi connectivity index (χ2v) is 6.99. The molecule has 1 aliphatic heterocycles. The maximum Gasteiger partial charge on any atom is 0.0198 e. The predicted molar refractivity (Wildman–Crippen MR) is 81.0 cm³/mol. The quantitative estimate of drug-likeness (QED) is 0.741. The van der Waals surface area contributed by atoms with Gasteiger partial charge in [0.15, 0.2) is 0 Å². The van der Waals surface area contributed by atoms with E-state index in [1.807, 2.05) is 0 Å². The third kappa shape index (κ3) is 4.24. The average molecular weight is 254 g/mol. The van der Waals surface area contributed by atoms with Crippen molar-refractivity contribution in [1.82, 2.24) is 9.80 Å². The smallest absolute Gasteiger partial charge is 0.0198 e. The fourth-order valence-electron chi connectivity index (χ4n) is 2.96. The van der Waals surface area contributed by atoms with Gasteiger partial charge in [-0.15, -0.1) is 0 Å². The molecule has 0 N–H and O–H groups in total. The number of rotatable bonds is 5.